The van der Waals surface area contributed by atoms with E-state index in [1.807, 2.05) is 42.4 Å². The lowest BCUT2D eigenvalue weighted by Crippen LogP contribution is -2.53. The minimum Gasteiger partial charge on any atom is -0.496 e. The highest BCUT2D eigenvalue weighted by molar-refractivity contribution is 6.00. The lowest BCUT2D eigenvalue weighted by molar-refractivity contribution is -0.137. The van der Waals surface area contributed by atoms with Gasteiger partial charge in [-0.05, 0) is 73.2 Å². The summed E-state index contributed by atoms with van der Waals surface area (Å²) in [6, 6.07) is 11.1. The summed E-state index contributed by atoms with van der Waals surface area (Å²) >= 11 is 0. The van der Waals surface area contributed by atoms with Crippen molar-refractivity contribution in [3.8, 4) is 28.4 Å². The molecule has 260 valence electrons. The quantitative estimate of drug-likeness (QED) is 0.174. The number of nitrogens with one attached hydrogen (secondary N) is 1. The van der Waals surface area contributed by atoms with E-state index in [1.54, 1.807) is 38.1 Å². The molecule has 1 atom stereocenters. The van der Waals surface area contributed by atoms with Crippen LogP contribution in [0.5, 0.6) is 17.2 Å². The molecule has 12 heteroatoms. The number of hydrogen-bond acceptors (Lipinski definition) is 10. The number of amides is 2. The van der Waals surface area contributed by atoms with Crippen LogP contribution in [0.15, 0.2) is 53.6 Å². The van der Waals surface area contributed by atoms with E-state index in [-0.39, 0.29) is 23.5 Å². The van der Waals surface area contributed by atoms with Crippen molar-refractivity contribution in [2.24, 2.45) is 7.05 Å². The average Bonchev–Trinajstić information content (AvgIpc) is 3.95. The molecule has 2 aromatic carbocycles. The van der Waals surface area contributed by atoms with Gasteiger partial charge in [-0.25, -0.2) is 0 Å². The fourth-order valence-electron chi connectivity index (χ4n) is 7.03. The second-order valence-electron chi connectivity index (χ2n) is 13.5. The number of likely N-dealkylation sites (tertiary alicyclic amines) is 1. The zero-order valence-electron chi connectivity index (χ0n) is 28.7. The lowest BCUT2D eigenvalue weighted by Gasteiger charge is -2.39. The van der Waals surface area contributed by atoms with Crippen LogP contribution in [-0.2, 0) is 29.7 Å². The molecular weight excluding hydrogens is 638 g/mol. The number of aromatic nitrogens is 2. The largest absolute Gasteiger partial charge is 0.496 e. The third kappa shape index (κ3) is 6.60. The van der Waals surface area contributed by atoms with Crippen LogP contribution in [0, 0.1) is 0 Å². The highest BCUT2D eigenvalue weighted by Gasteiger charge is 2.32. The van der Waals surface area contributed by atoms with Gasteiger partial charge >= 0.3 is 0 Å². The molecule has 0 bridgehead atoms. The Labute approximate surface area is 289 Å². The molecule has 4 aromatic rings. The van der Waals surface area contributed by atoms with E-state index in [2.05, 4.69) is 21.3 Å². The maximum absolute atomic E-state index is 13.0. The van der Waals surface area contributed by atoms with Gasteiger partial charge in [0.05, 0.1) is 31.2 Å². The molecule has 0 radical (unpaired) electrons. The molecule has 1 unspecified atom stereocenters. The number of aryl methyl sites for hydroxylation is 1. The fraction of sp³-hybridized carbons (Fsp3) is 0.395. The molecule has 3 fully saturated rings. The molecule has 50 heavy (non-hydrogen) atoms. The maximum atomic E-state index is 13.0. The number of ether oxygens (including phenoxy) is 3. The monoisotopic (exact) mass is 679 g/mol. The van der Waals surface area contributed by atoms with Crippen molar-refractivity contribution in [3.05, 3.63) is 81.5 Å². The van der Waals surface area contributed by atoms with Crippen LogP contribution in [0.1, 0.15) is 58.8 Å². The number of hydrogen-bond donors (Lipinski definition) is 1. The van der Waals surface area contributed by atoms with Crippen LogP contribution in [0.2, 0.25) is 0 Å². The van der Waals surface area contributed by atoms with E-state index in [0.29, 0.717) is 73.1 Å². The van der Waals surface area contributed by atoms with Crippen molar-refractivity contribution in [3.63, 3.8) is 0 Å². The SMILES string of the molecule is COc1cc(-c2cn(C)c(=O)c3cnc(C4CC4)cc23)cc(OC)c1CN1CC(Oc2ccc(CN(C)C3CCC(=O)NC3=O)c(C=O)c2)C1. The molecule has 2 aliphatic heterocycles. The molecule has 2 aromatic heterocycles. The molecule has 1 saturated carbocycles. The third-order valence-corrected chi connectivity index (χ3v) is 10.0. The van der Waals surface area contributed by atoms with E-state index in [1.165, 1.54) is 0 Å². The van der Waals surface area contributed by atoms with E-state index in [9.17, 15) is 19.2 Å². The Hall–Kier alpha value is -5.07. The predicted molar refractivity (Wildman–Crippen MR) is 187 cm³/mol. The molecule has 12 nitrogen and oxygen atoms in total. The minimum atomic E-state index is -0.427. The molecule has 4 heterocycles. The summed E-state index contributed by atoms with van der Waals surface area (Å²) in [5.41, 5.74) is 4.93. The normalized spacial score (nSPS) is 18.2. The lowest BCUT2D eigenvalue weighted by atomic mass is 9.97. The number of pyridine rings is 2. The molecule has 0 spiro atoms. The highest BCUT2D eigenvalue weighted by atomic mass is 16.5. The molecule has 1 aliphatic carbocycles. The first-order valence-corrected chi connectivity index (χ1v) is 16.9. The van der Waals surface area contributed by atoms with E-state index in [0.717, 1.165) is 52.5 Å². The zero-order chi connectivity index (χ0) is 35.1. The van der Waals surface area contributed by atoms with Crippen molar-refractivity contribution in [1.29, 1.82) is 0 Å². The Morgan fingerprint density at radius 3 is 2.40 bits per heavy atom. The van der Waals surface area contributed by atoms with Crippen LogP contribution in [0.3, 0.4) is 0 Å². The van der Waals surface area contributed by atoms with Gasteiger partial charge in [0.2, 0.25) is 11.8 Å². The molecule has 1 N–H and O–H groups in total. The first-order chi connectivity index (χ1) is 24.1. The first kappa shape index (κ1) is 33.4. The number of rotatable bonds is 12. The third-order valence-electron chi connectivity index (χ3n) is 10.0. The van der Waals surface area contributed by atoms with E-state index >= 15 is 0 Å². The Balaban J connectivity index is 1.04. The minimum absolute atomic E-state index is 0.0611. The number of aldehydes is 1. The molecule has 2 amide bonds. The van der Waals surface area contributed by atoms with Gasteiger partial charge in [-0.3, -0.25) is 39.3 Å². The number of carbonyl (C=O) groups excluding carboxylic acids is 3. The van der Waals surface area contributed by atoms with Gasteiger partial charge in [-0.2, -0.15) is 0 Å². The van der Waals surface area contributed by atoms with Crippen molar-refractivity contribution < 1.29 is 28.6 Å². The van der Waals surface area contributed by atoms with Gasteiger partial charge < -0.3 is 18.8 Å². The predicted octanol–water partition coefficient (Wildman–Crippen LogP) is 3.81. The van der Waals surface area contributed by atoms with Crippen LogP contribution in [-0.4, -0.2) is 84.0 Å². The van der Waals surface area contributed by atoms with Crippen LogP contribution < -0.4 is 25.1 Å². The molecular formula is C38H41N5O7. The smallest absolute Gasteiger partial charge is 0.259 e. The summed E-state index contributed by atoms with van der Waals surface area (Å²) in [7, 11) is 6.86. The molecule has 3 aliphatic rings. The second kappa shape index (κ2) is 13.7. The summed E-state index contributed by atoms with van der Waals surface area (Å²) in [5, 5.41) is 3.84. The number of methoxy groups -OCH3 is 2. The topological polar surface area (TPSA) is 132 Å². The number of piperidine rings is 1. The zero-order valence-corrected chi connectivity index (χ0v) is 28.7. The molecule has 2 saturated heterocycles. The van der Waals surface area contributed by atoms with Crippen LogP contribution >= 0.6 is 0 Å². The Morgan fingerprint density at radius 2 is 1.74 bits per heavy atom. The number of likely N-dealkylation sites (N-methyl/N-ethyl adjacent to an activating group) is 1. The Kier molecular flexibility index (Phi) is 9.15. The Morgan fingerprint density at radius 1 is 1.00 bits per heavy atom. The van der Waals surface area contributed by atoms with E-state index in [4.69, 9.17) is 14.2 Å². The van der Waals surface area contributed by atoms with Crippen molar-refractivity contribution in [1.82, 2.24) is 24.7 Å². The van der Waals surface area contributed by atoms with Gasteiger partial charge in [-0.1, -0.05) is 6.07 Å². The second-order valence-corrected chi connectivity index (χ2v) is 13.5. The first-order valence-electron chi connectivity index (χ1n) is 16.9. The standard InChI is InChI=1S/C38H41N5O7/c1-41(33-9-10-36(45)40-37(33)46)16-23-7-8-26(11-25(23)21-44)50-27-17-43(18-27)20-31-34(48-3)12-24(13-35(31)49-4)30-19-42(2)38(47)29-15-39-32(14-28(29)30)22-5-6-22/h7-8,11-15,19,21-22,27,33H,5-6,9-10,16-18,20H2,1-4H3,(H,40,45,46). The maximum Gasteiger partial charge on any atom is 0.259 e. The van der Waals surface area contributed by atoms with Crippen LogP contribution in [0.4, 0.5) is 0 Å². The van der Waals surface area contributed by atoms with Crippen molar-refractivity contribution in [2.75, 3.05) is 34.4 Å². The summed E-state index contributed by atoms with van der Waals surface area (Å²) in [4.78, 5) is 57.5. The van der Waals surface area contributed by atoms with Crippen LogP contribution in [0.25, 0.3) is 21.9 Å². The number of imide groups is 1. The van der Waals surface area contributed by atoms with Crippen molar-refractivity contribution >= 4 is 28.9 Å². The highest BCUT2D eigenvalue weighted by Crippen LogP contribution is 2.42. The van der Waals surface area contributed by atoms with Gasteiger partial charge in [0.25, 0.3) is 5.56 Å². The summed E-state index contributed by atoms with van der Waals surface area (Å²) < 4.78 is 19.6. The summed E-state index contributed by atoms with van der Waals surface area (Å²) in [6.45, 7) is 2.32. The summed E-state index contributed by atoms with van der Waals surface area (Å²) in [5.74, 6) is 1.87. The number of fused-ring (bicyclic) bond motifs is 1. The van der Waals surface area contributed by atoms with Gasteiger partial charge in [0, 0.05) is 74.8 Å². The van der Waals surface area contributed by atoms with Gasteiger partial charge in [0.1, 0.15) is 23.4 Å². The fourth-order valence-corrected chi connectivity index (χ4v) is 7.03. The average molecular weight is 680 g/mol. The van der Waals surface area contributed by atoms with E-state index < -0.39 is 6.04 Å². The summed E-state index contributed by atoms with van der Waals surface area (Å²) in [6.07, 6.45) is 7.30. The van der Waals surface area contributed by atoms with Gasteiger partial charge in [0.15, 0.2) is 6.29 Å². The van der Waals surface area contributed by atoms with Gasteiger partial charge in [-0.15, -0.1) is 0 Å². The number of benzene rings is 2. The number of nitrogens with zero attached hydrogens (tertiary/aromatic N) is 4. The number of carbonyl (C=O) groups is 3. The Bertz CT molecular complexity index is 2020. The molecule has 7 rings (SSSR count). The van der Waals surface area contributed by atoms with Crippen molar-refractivity contribution in [2.45, 2.75) is 56.8 Å².